The van der Waals surface area contributed by atoms with Gasteiger partial charge in [0, 0.05) is 86.2 Å². The molecular weight excluding hydrogens is 873 g/mol. The van der Waals surface area contributed by atoms with Crippen LogP contribution in [0.5, 0.6) is 0 Å². The van der Waals surface area contributed by atoms with E-state index >= 15 is 0 Å². The van der Waals surface area contributed by atoms with Gasteiger partial charge < -0.3 is 13.7 Å². The largest absolute Gasteiger partial charge is 0.309 e. The summed E-state index contributed by atoms with van der Waals surface area (Å²) in [5.41, 5.74) is 13.0. The van der Waals surface area contributed by atoms with Crippen LogP contribution in [0.1, 0.15) is 0 Å². The summed E-state index contributed by atoms with van der Waals surface area (Å²) in [7, 11) is 0. The molecule has 0 amide bonds. The van der Waals surface area contributed by atoms with E-state index in [0.29, 0.717) is 17.5 Å². The standard InChI is InChI=1S/C63H38N6S/c1-3-15-42(16-4-1)67-53-23-11-7-19-45(53)49-35-40(29-33-56(49)67)62-64-61(65-63(66-62)41-30-34-57-50(36-41)46-20-8-12-24-54(46)68(57)43-17-5-2-6-18-43)39-27-31-44(32-28-39)69-55-25-13-9-21-47(55)51-37-52-48-22-10-14-26-59(48)70-60(52)38-58(51)69/h1-38H. The van der Waals surface area contributed by atoms with Crippen molar-refractivity contribution >= 4 is 96.9 Å². The van der Waals surface area contributed by atoms with Crippen LogP contribution in [0.4, 0.5) is 0 Å². The van der Waals surface area contributed by atoms with Crippen molar-refractivity contribution in [3.8, 4) is 51.2 Å². The van der Waals surface area contributed by atoms with Crippen molar-refractivity contribution in [2.75, 3.05) is 0 Å². The Bertz CT molecular complexity index is 4400. The summed E-state index contributed by atoms with van der Waals surface area (Å²) < 4.78 is 9.66. The second-order valence-corrected chi connectivity index (χ2v) is 19.1. The number of para-hydroxylation sites is 5. The molecule has 0 unspecified atom stereocenters. The molecule has 0 aliphatic rings. The molecule has 0 saturated heterocycles. The molecule has 6 nitrogen and oxygen atoms in total. The number of aromatic nitrogens is 6. The van der Waals surface area contributed by atoms with E-state index in [4.69, 9.17) is 15.0 Å². The third kappa shape index (κ3) is 5.89. The molecule has 0 bridgehead atoms. The zero-order chi connectivity index (χ0) is 45.9. The van der Waals surface area contributed by atoms with Gasteiger partial charge in [-0.3, -0.25) is 0 Å². The molecule has 10 aromatic carbocycles. The SMILES string of the molecule is c1ccc(-n2c3ccccc3c3cc(-c4nc(-c5ccc(-n6c7ccccc7c7cc8c(cc76)sc6ccccc68)cc5)nc(-c5ccc6c(c5)c5ccccc5n6-c5ccccc5)n4)ccc32)cc1. The van der Waals surface area contributed by atoms with Crippen molar-refractivity contribution in [1.29, 1.82) is 0 Å². The van der Waals surface area contributed by atoms with Crippen LogP contribution < -0.4 is 0 Å². The Balaban J connectivity index is 0.914. The first-order valence-corrected chi connectivity index (χ1v) is 24.4. The third-order valence-electron chi connectivity index (χ3n) is 14.1. The average molecular weight is 911 g/mol. The number of nitrogens with zero attached hydrogens (tertiary/aromatic N) is 6. The molecule has 0 N–H and O–H groups in total. The lowest BCUT2D eigenvalue weighted by Gasteiger charge is -2.12. The van der Waals surface area contributed by atoms with Gasteiger partial charge in [-0.15, -0.1) is 11.3 Å². The second kappa shape index (κ2) is 15.2. The molecule has 5 heterocycles. The van der Waals surface area contributed by atoms with Crippen molar-refractivity contribution in [1.82, 2.24) is 28.7 Å². The summed E-state index contributed by atoms with van der Waals surface area (Å²) in [6, 6.07) is 82.5. The lowest BCUT2D eigenvalue weighted by Crippen LogP contribution is -2.01. The molecule has 15 aromatic rings. The monoisotopic (exact) mass is 910 g/mol. The first-order valence-electron chi connectivity index (χ1n) is 23.6. The maximum atomic E-state index is 5.33. The van der Waals surface area contributed by atoms with E-state index in [0.717, 1.165) is 66.6 Å². The van der Waals surface area contributed by atoms with Crippen LogP contribution in [0, 0.1) is 0 Å². The van der Waals surface area contributed by atoms with Crippen LogP contribution in [0.3, 0.4) is 0 Å². The third-order valence-corrected chi connectivity index (χ3v) is 15.2. The number of benzene rings is 10. The van der Waals surface area contributed by atoms with E-state index < -0.39 is 0 Å². The van der Waals surface area contributed by atoms with E-state index in [2.05, 4.69) is 244 Å². The Labute approximate surface area is 405 Å². The summed E-state index contributed by atoms with van der Waals surface area (Å²) in [5, 5.41) is 9.71. The minimum Gasteiger partial charge on any atom is -0.309 e. The van der Waals surface area contributed by atoms with Crippen molar-refractivity contribution < 1.29 is 0 Å². The Morgan fingerprint density at radius 2 is 0.629 bits per heavy atom. The molecule has 0 saturated carbocycles. The van der Waals surface area contributed by atoms with Gasteiger partial charge in [-0.2, -0.15) is 0 Å². The highest BCUT2D eigenvalue weighted by molar-refractivity contribution is 7.25. The molecule has 7 heteroatoms. The fourth-order valence-corrected chi connectivity index (χ4v) is 12.0. The smallest absolute Gasteiger partial charge is 0.164 e. The van der Waals surface area contributed by atoms with Gasteiger partial charge in [-0.05, 0) is 121 Å². The van der Waals surface area contributed by atoms with Gasteiger partial charge in [-0.25, -0.2) is 15.0 Å². The van der Waals surface area contributed by atoms with Crippen molar-refractivity contribution in [2.24, 2.45) is 0 Å². The zero-order valence-electron chi connectivity index (χ0n) is 37.5. The highest BCUT2D eigenvalue weighted by Gasteiger charge is 2.20. The topological polar surface area (TPSA) is 53.5 Å². The Kier molecular flexibility index (Phi) is 8.43. The fraction of sp³-hybridized carbons (Fsp3) is 0. The average Bonchev–Trinajstić information content (AvgIpc) is 4.16. The predicted octanol–water partition coefficient (Wildman–Crippen LogP) is 16.5. The maximum absolute atomic E-state index is 5.33. The lowest BCUT2D eigenvalue weighted by molar-refractivity contribution is 1.07. The van der Waals surface area contributed by atoms with E-state index in [9.17, 15) is 0 Å². The molecule has 0 fully saturated rings. The fourth-order valence-electron chi connectivity index (χ4n) is 10.9. The van der Waals surface area contributed by atoms with E-state index in [1.54, 1.807) is 0 Å². The molecule has 70 heavy (non-hydrogen) atoms. The highest BCUT2D eigenvalue weighted by atomic mass is 32.1. The molecular formula is C63H38N6S. The van der Waals surface area contributed by atoms with Crippen LogP contribution >= 0.6 is 11.3 Å². The first kappa shape index (κ1) is 38.9. The van der Waals surface area contributed by atoms with Gasteiger partial charge in [0.05, 0.1) is 33.1 Å². The molecule has 15 rings (SSSR count). The normalized spacial score (nSPS) is 12.0. The summed E-state index contributed by atoms with van der Waals surface area (Å²) in [6.45, 7) is 0. The molecule has 326 valence electrons. The summed E-state index contributed by atoms with van der Waals surface area (Å²) in [4.78, 5) is 16.0. The number of hydrogen-bond acceptors (Lipinski definition) is 4. The first-order chi connectivity index (χ1) is 34.7. The maximum Gasteiger partial charge on any atom is 0.164 e. The van der Waals surface area contributed by atoms with Gasteiger partial charge in [0.1, 0.15) is 0 Å². The number of rotatable bonds is 6. The van der Waals surface area contributed by atoms with Crippen LogP contribution in [0.2, 0.25) is 0 Å². The minimum absolute atomic E-state index is 0.611. The summed E-state index contributed by atoms with van der Waals surface area (Å²) in [6.07, 6.45) is 0. The second-order valence-electron chi connectivity index (χ2n) is 18.0. The van der Waals surface area contributed by atoms with Gasteiger partial charge in [0.15, 0.2) is 17.5 Å². The van der Waals surface area contributed by atoms with Gasteiger partial charge in [0.2, 0.25) is 0 Å². The molecule has 0 spiro atoms. The molecule has 0 radical (unpaired) electrons. The molecule has 0 atom stereocenters. The number of fused-ring (bicyclic) bond motifs is 12. The quantitative estimate of drug-likeness (QED) is 0.167. The van der Waals surface area contributed by atoms with Crippen LogP contribution in [-0.2, 0) is 0 Å². The Hall–Kier alpha value is -9.17. The molecule has 0 aliphatic heterocycles. The predicted molar refractivity (Wildman–Crippen MR) is 292 cm³/mol. The highest BCUT2D eigenvalue weighted by Crippen LogP contribution is 2.42. The molecule has 5 aromatic heterocycles. The van der Waals surface area contributed by atoms with Crippen molar-refractivity contribution in [2.45, 2.75) is 0 Å². The molecule has 0 aliphatic carbocycles. The number of thiophene rings is 1. The minimum atomic E-state index is 0.611. The van der Waals surface area contributed by atoms with E-state index in [1.807, 2.05) is 11.3 Å². The van der Waals surface area contributed by atoms with Crippen LogP contribution in [-0.4, -0.2) is 28.7 Å². The van der Waals surface area contributed by atoms with Gasteiger partial charge >= 0.3 is 0 Å². The lowest BCUT2D eigenvalue weighted by atomic mass is 10.1. The van der Waals surface area contributed by atoms with Gasteiger partial charge in [-0.1, -0.05) is 109 Å². The van der Waals surface area contributed by atoms with E-state index in [-0.39, 0.29) is 0 Å². The van der Waals surface area contributed by atoms with Gasteiger partial charge in [0.25, 0.3) is 0 Å². The van der Waals surface area contributed by atoms with Crippen LogP contribution in [0.15, 0.2) is 231 Å². The number of hydrogen-bond donors (Lipinski definition) is 0. The zero-order valence-corrected chi connectivity index (χ0v) is 38.3. The van der Waals surface area contributed by atoms with Crippen LogP contribution in [0.25, 0.3) is 137 Å². The summed E-state index contributed by atoms with van der Waals surface area (Å²) >= 11 is 1.85. The Morgan fingerprint density at radius 1 is 0.243 bits per heavy atom. The van der Waals surface area contributed by atoms with Crippen molar-refractivity contribution in [3.63, 3.8) is 0 Å². The van der Waals surface area contributed by atoms with E-state index in [1.165, 1.54) is 52.8 Å². The Morgan fingerprint density at radius 3 is 1.16 bits per heavy atom. The summed E-state index contributed by atoms with van der Waals surface area (Å²) in [5.74, 6) is 1.84. The van der Waals surface area contributed by atoms with Crippen molar-refractivity contribution in [3.05, 3.63) is 231 Å².